The number of hydrogen-bond donors (Lipinski definition) is 1. The molecule has 1 unspecified atom stereocenters. The van der Waals surface area contributed by atoms with Crippen molar-refractivity contribution >= 4 is 40.7 Å². The molecule has 4 nitrogen and oxygen atoms in total. The maximum absolute atomic E-state index is 14.4. The summed E-state index contributed by atoms with van der Waals surface area (Å²) in [6, 6.07) is 10.9. The number of allylic oxidation sites excluding steroid dienone is 4. The molecule has 33 heavy (non-hydrogen) atoms. The van der Waals surface area contributed by atoms with Gasteiger partial charge in [0.1, 0.15) is 11.2 Å². The summed E-state index contributed by atoms with van der Waals surface area (Å²) < 4.78 is 14.4. The van der Waals surface area contributed by atoms with Gasteiger partial charge in [0.25, 0.3) is 0 Å². The standard InChI is InChI=1S/C26H23Cl2FN2O2/c1-15(32)31-11-10-21(16-4-2-6-18(27)12-16)26(24(31)17-5-3-7-20(29)13-17)22-9-8-19(28)14-23(22)30-25(26)33/h2-9,13-14,16,21,24H,10-12H2,1H3,(H,30,33)/t16?,21-,24+,26+/m0/s1. The predicted molar refractivity (Wildman–Crippen MR) is 128 cm³/mol. The molecular formula is C26H23Cl2FN2O2. The largest absolute Gasteiger partial charge is 0.334 e. The van der Waals surface area contributed by atoms with Crippen LogP contribution < -0.4 is 5.32 Å². The van der Waals surface area contributed by atoms with Gasteiger partial charge < -0.3 is 10.2 Å². The number of piperidine rings is 1. The molecule has 2 aromatic rings. The topological polar surface area (TPSA) is 49.4 Å². The Morgan fingerprint density at radius 3 is 2.76 bits per heavy atom. The maximum Gasteiger partial charge on any atom is 0.237 e. The monoisotopic (exact) mass is 484 g/mol. The van der Waals surface area contributed by atoms with Gasteiger partial charge in [-0.15, -0.1) is 0 Å². The lowest BCUT2D eigenvalue weighted by Gasteiger charge is -2.53. The first-order chi connectivity index (χ1) is 15.8. The fourth-order valence-corrected chi connectivity index (χ4v) is 6.43. The molecule has 170 valence electrons. The molecule has 7 heteroatoms. The van der Waals surface area contributed by atoms with Crippen LogP contribution in [0.4, 0.5) is 10.1 Å². The zero-order chi connectivity index (χ0) is 23.3. The first-order valence-electron chi connectivity index (χ1n) is 11.0. The van der Waals surface area contributed by atoms with Crippen molar-refractivity contribution < 1.29 is 14.0 Å². The van der Waals surface area contributed by atoms with E-state index in [4.69, 9.17) is 23.2 Å². The van der Waals surface area contributed by atoms with Gasteiger partial charge in [-0.25, -0.2) is 4.39 Å². The van der Waals surface area contributed by atoms with Crippen LogP contribution in [0.5, 0.6) is 0 Å². The van der Waals surface area contributed by atoms with E-state index >= 15 is 0 Å². The van der Waals surface area contributed by atoms with Crippen LogP contribution >= 0.6 is 23.2 Å². The Labute approximate surface area is 202 Å². The third-order valence-corrected chi connectivity index (χ3v) is 7.73. The van der Waals surface area contributed by atoms with Gasteiger partial charge in [-0.1, -0.05) is 53.6 Å². The van der Waals surface area contributed by atoms with Gasteiger partial charge in [-0.3, -0.25) is 9.59 Å². The summed E-state index contributed by atoms with van der Waals surface area (Å²) >= 11 is 12.7. The molecule has 1 saturated heterocycles. The average molecular weight is 485 g/mol. The molecule has 1 spiro atoms. The highest BCUT2D eigenvalue weighted by Gasteiger charge is 2.63. The molecule has 2 aliphatic heterocycles. The van der Waals surface area contributed by atoms with Crippen LogP contribution in [-0.4, -0.2) is 23.3 Å². The lowest BCUT2D eigenvalue weighted by Crippen LogP contribution is -2.60. The number of likely N-dealkylation sites (tertiary alicyclic amines) is 1. The number of anilines is 1. The molecular weight excluding hydrogens is 462 g/mol. The van der Waals surface area contributed by atoms with E-state index in [9.17, 15) is 14.0 Å². The maximum atomic E-state index is 14.4. The summed E-state index contributed by atoms with van der Waals surface area (Å²) in [6.07, 6.45) is 7.10. The highest BCUT2D eigenvalue weighted by molar-refractivity contribution is 6.31. The summed E-state index contributed by atoms with van der Waals surface area (Å²) in [5.41, 5.74) is 0.877. The Morgan fingerprint density at radius 1 is 1.21 bits per heavy atom. The summed E-state index contributed by atoms with van der Waals surface area (Å²) in [4.78, 5) is 28.6. The van der Waals surface area contributed by atoms with Crippen molar-refractivity contribution in [3.63, 3.8) is 0 Å². The molecule has 2 aromatic carbocycles. The van der Waals surface area contributed by atoms with Crippen molar-refractivity contribution in [3.8, 4) is 0 Å². The van der Waals surface area contributed by atoms with Crippen LogP contribution in [0, 0.1) is 17.7 Å². The number of rotatable bonds is 2. The highest BCUT2D eigenvalue weighted by atomic mass is 35.5. The van der Waals surface area contributed by atoms with Crippen LogP contribution in [-0.2, 0) is 15.0 Å². The first-order valence-corrected chi connectivity index (χ1v) is 11.7. The highest BCUT2D eigenvalue weighted by Crippen LogP contribution is 2.59. The van der Waals surface area contributed by atoms with Crippen molar-refractivity contribution in [3.05, 3.63) is 87.7 Å². The molecule has 0 aromatic heterocycles. The first kappa shape index (κ1) is 22.2. The number of benzene rings is 2. The minimum Gasteiger partial charge on any atom is -0.334 e. The Kier molecular flexibility index (Phi) is 5.58. The van der Waals surface area contributed by atoms with Gasteiger partial charge in [0.15, 0.2) is 0 Å². The van der Waals surface area contributed by atoms with E-state index in [0.717, 1.165) is 10.6 Å². The molecule has 1 fully saturated rings. The van der Waals surface area contributed by atoms with Crippen molar-refractivity contribution in [2.45, 2.75) is 31.2 Å². The number of halogens is 3. The molecule has 1 N–H and O–H groups in total. The molecule has 0 radical (unpaired) electrons. The lowest BCUT2D eigenvalue weighted by molar-refractivity contribution is -0.143. The fourth-order valence-electron chi connectivity index (χ4n) is 6.00. The van der Waals surface area contributed by atoms with Crippen molar-refractivity contribution in [1.29, 1.82) is 0 Å². The van der Waals surface area contributed by atoms with Crippen LogP contribution in [0.3, 0.4) is 0 Å². The van der Waals surface area contributed by atoms with Crippen LogP contribution in [0.15, 0.2) is 65.7 Å². The van der Waals surface area contributed by atoms with E-state index in [1.165, 1.54) is 19.1 Å². The van der Waals surface area contributed by atoms with Gasteiger partial charge in [-0.2, -0.15) is 0 Å². The molecule has 2 amide bonds. The molecule has 0 saturated carbocycles. The molecule has 0 bridgehead atoms. The van der Waals surface area contributed by atoms with Crippen molar-refractivity contribution in [1.82, 2.24) is 4.90 Å². The summed E-state index contributed by atoms with van der Waals surface area (Å²) in [7, 11) is 0. The lowest BCUT2D eigenvalue weighted by atomic mass is 9.56. The summed E-state index contributed by atoms with van der Waals surface area (Å²) in [5.74, 6) is -0.951. The van der Waals surface area contributed by atoms with E-state index in [-0.39, 0.29) is 23.7 Å². The van der Waals surface area contributed by atoms with E-state index in [1.807, 2.05) is 18.2 Å². The minimum absolute atomic E-state index is 0.0138. The molecule has 4 atom stereocenters. The summed E-state index contributed by atoms with van der Waals surface area (Å²) in [6.45, 7) is 1.96. The molecule has 2 heterocycles. The third-order valence-electron chi connectivity index (χ3n) is 7.21. The Bertz CT molecular complexity index is 1210. The minimum atomic E-state index is -1.12. The normalized spacial score (nSPS) is 28.5. The zero-order valence-electron chi connectivity index (χ0n) is 18.0. The van der Waals surface area contributed by atoms with E-state index < -0.39 is 17.3 Å². The van der Waals surface area contributed by atoms with Crippen molar-refractivity contribution in [2.24, 2.45) is 11.8 Å². The second-order valence-electron chi connectivity index (χ2n) is 8.94. The van der Waals surface area contributed by atoms with E-state index in [0.29, 0.717) is 35.7 Å². The Morgan fingerprint density at radius 2 is 2.03 bits per heavy atom. The zero-order valence-corrected chi connectivity index (χ0v) is 19.5. The second kappa shape index (κ2) is 8.30. The number of hydrogen-bond acceptors (Lipinski definition) is 2. The van der Waals surface area contributed by atoms with Gasteiger partial charge >= 0.3 is 0 Å². The molecule has 3 aliphatic rings. The van der Waals surface area contributed by atoms with Crippen LogP contribution in [0.1, 0.15) is 36.9 Å². The average Bonchev–Trinajstić information content (AvgIpc) is 3.04. The van der Waals surface area contributed by atoms with Crippen molar-refractivity contribution in [2.75, 3.05) is 11.9 Å². The van der Waals surface area contributed by atoms with E-state index in [1.54, 1.807) is 29.2 Å². The number of fused-ring (bicyclic) bond motifs is 2. The van der Waals surface area contributed by atoms with Gasteiger partial charge in [0.05, 0.1) is 6.04 Å². The summed E-state index contributed by atoms with van der Waals surface area (Å²) in [5, 5.41) is 4.26. The second-order valence-corrected chi connectivity index (χ2v) is 9.87. The number of nitrogens with one attached hydrogen (secondary N) is 1. The fraction of sp³-hybridized carbons (Fsp3) is 0.308. The smallest absolute Gasteiger partial charge is 0.237 e. The number of carbonyl (C=O) groups excluding carboxylic acids is 2. The number of amides is 2. The predicted octanol–water partition coefficient (Wildman–Crippen LogP) is 5.98. The molecule has 5 rings (SSSR count). The third kappa shape index (κ3) is 3.49. The Hall–Kier alpha value is -2.63. The van der Waals surface area contributed by atoms with E-state index in [2.05, 4.69) is 11.4 Å². The number of nitrogens with zero attached hydrogens (tertiary/aromatic N) is 1. The molecule has 1 aliphatic carbocycles. The van der Waals surface area contributed by atoms with Gasteiger partial charge in [0, 0.05) is 29.2 Å². The van der Waals surface area contributed by atoms with Crippen LogP contribution in [0.2, 0.25) is 5.02 Å². The van der Waals surface area contributed by atoms with Crippen LogP contribution in [0.25, 0.3) is 0 Å². The quantitative estimate of drug-likeness (QED) is 0.569. The number of carbonyl (C=O) groups is 2. The SMILES string of the molecule is CC(=O)N1CC[C@@H](C2C=CC=C(Cl)C2)[C@]2(C(=O)Nc3cc(Cl)ccc32)[C@H]1c1cccc(F)c1. The van der Waals surface area contributed by atoms with Gasteiger partial charge in [-0.05, 0) is 66.1 Å². The Balaban J connectivity index is 1.79. The van der Waals surface area contributed by atoms with Gasteiger partial charge in [0.2, 0.25) is 11.8 Å².